The Hall–Kier alpha value is -1.77. The molecule has 0 saturated heterocycles. The molecular weight excluding hydrogens is 270 g/mol. The molecule has 2 N–H and O–H groups in total. The lowest BCUT2D eigenvalue weighted by Gasteiger charge is -2.12. The van der Waals surface area contributed by atoms with Crippen LogP contribution in [0.25, 0.3) is 0 Å². The summed E-state index contributed by atoms with van der Waals surface area (Å²) in [7, 11) is 0. The quantitative estimate of drug-likeness (QED) is 0.806. The predicted octanol–water partition coefficient (Wildman–Crippen LogP) is 4.26. The van der Waals surface area contributed by atoms with E-state index >= 15 is 0 Å². The van der Waals surface area contributed by atoms with Gasteiger partial charge in [-0.05, 0) is 29.7 Å². The maximum absolute atomic E-state index is 6.05. The second-order valence-corrected chi connectivity index (χ2v) is 4.48. The van der Waals surface area contributed by atoms with Gasteiger partial charge in [-0.1, -0.05) is 48.5 Å². The van der Waals surface area contributed by atoms with Crippen LogP contribution in [0.4, 0.5) is 0 Å². The molecule has 20 heavy (non-hydrogen) atoms. The van der Waals surface area contributed by atoms with Gasteiger partial charge in [-0.15, -0.1) is 19.0 Å². The number of hydrogen-bond acceptors (Lipinski definition) is 2. The maximum atomic E-state index is 6.05. The topological polar surface area (TPSA) is 35.2 Å². The number of halogens is 1. The Bertz CT molecular complexity index is 528. The average Bonchev–Trinajstić information content (AvgIpc) is 2.47. The molecule has 0 fully saturated rings. The van der Waals surface area contributed by atoms with Crippen LogP contribution in [0.2, 0.25) is 0 Å². The number of hydrogen-bond donors (Lipinski definition) is 1. The molecule has 0 bridgehead atoms. The summed E-state index contributed by atoms with van der Waals surface area (Å²) in [6, 6.07) is 18.0. The summed E-state index contributed by atoms with van der Waals surface area (Å²) < 4.78 is 5.78. The van der Waals surface area contributed by atoms with Crippen LogP contribution in [0.15, 0.2) is 67.3 Å². The fourth-order valence-corrected chi connectivity index (χ4v) is 1.89. The summed E-state index contributed by atoms with van der Waals surface area (Å²) in [5.74, 6) is 0.848. The molecule has 0 aliphatic carbocycles. The van der Waals surface area contributed by atoms with E-state index in [9.17, 15) is 0 Å². The van der Waals surface area contributed by atoms with Crippen molar-refractivity contribution in [3.8, 4) is 5.75 Å². The van der Waals surface area contributed by atoms with Crippen LogP contribution in [0, 0.1) is 0 Å². The van der Waals surface area contributed by atoms with E-state index in [1.54, 1.807) is 0 Å². The fourth-order valence-electron chi connectivity index (χ4n) is 1.89. The molecule has 0 amide bonds. The molecule has 106 valence electrons. The third-order valence-electron chi connectivity index (χ3n) is 2.96. The number of nitrogens with two attached hydrogens (primary N) is 1. The second kappa shape index (κ2) is 8.41. The summed E-state index contributed by atoms with van der Waals surface area (Å²) in [5.41, 5.74) is 8.29. The Balaban J connectivity index is 0.00000200. The zero-order valence-corrected chi connectivity index (χ0v) is 12.2. The van der Waals surface area contributed by atoms with E-state index in [0.29, 0.717) is 6.61 Å². The molecule has 1 atom stereocenters. The van der Waals surface area contributed by atoms with Crippen LogP contribution >= 0.6 is 12.4 Å². The summed E-state index contributed by atoms with van der Waals surface area (Å²) in [5, 5.41) is 0. The van der Waals surface area contributed by atoms with Crippen LogP contribution < -0.4 is 10.5 Å². The van der Waals surface area contributed by atoms with Crippen molar-refractivity contribution in [3.05, 3.63) is 78.4 Å². The van der Waals surface area contributed by atoms with Gasteiger partial charge in [-0.2, -0.15) is 0 Å². The van der Waals surface area contributed by atoms with E-state index in [1.165, 1.54) is 0 Å². The first-order valence-electron chi connectivity index (χ1n) is 6.43. The molecule has 0 aromatic heterocycles. The molecule has 3 heteroatoms. The van der Waals surface area contributed by atoms with Crippen molar-refractivity contribution < 1.29 is 4.74 Å². The highest BCUT2D eigenvalue weighted by Crippen LogP contribution is 2.21. The van der Waals surface area contributed by atoms with Crippen LogP contribution in [-0.2, 0) is 6.61 Å². The minimum Gasteiger partial charge on any atom is -0.489 e. The largest absolute Gasteiger partial charge is 0.489 e. The van der Waals surface area contributed by atoms with E-state index in [1.807, 2.05) is 60.7 Å². The minimum absolute atomic E-state index is 0. The number of rotatable bonds is 6. The molecule has 0 unspecified atom stereocenters. The van der Waals surface area contributed by atoms with Gasteiger partial charge in [0.15, 0.2) is 0 Å². The average molecular weight is 290 g/mol. The Morgan fingerprint density at radius 2 is 1.85 bits per heavy atom. The fraction of sp³-hybridized carbons (Fsp3) is 0.176. The molecular formula is C17H20ClNO. The predicted molar refractivity (Wildman–Crippen MR) is 86.2 cm³/mol. The number of benzene rings is 2. The summed E-state index contributed by atoms with van der Waals surface area (Å²) in [4.78, 5) is 0. The molecule has 0 heterocycles. The van der Waals surface area contributed by atoms with Crippen molar-refractivity contribution in [1.82, 2.24) is 0 Å². The first-order chi connectivity index (χ1) is 9.29. The lowest BCUT2D eigenvalue weighted by atomic mass is 10.0. The second-order valence-electron chi connectivity index (χ2n) is 4.48. The Morgan fingerprint density at radius 1 is 1.10 bits per heavy atom. The maximum Gasteiger partial charge on any atom is 0.120 e. The molecule has 2 aromatic carbocycles. The SMILES string of the molecule is C=CC[C@@H](N)c1cccc(OCc2ccccc2)c1.Cl. The monoisotopic (exact) mass is 289 g/mol. The van der Waals surface area contributed by atoms with Gasteiger partial charge >= 0.3 is 0 Å². The normalized spacial score (nSPS) is 11.2. The van der Waals surface area contributed by atoms with Crippen molar-refractivity contribution in [2.75, 3.05) is 0 Å². The molecule has 0 aliphatic rings. The van der Waals surface area contributed by atoms with Crippen molar-refractivity contribution >= 4 is 12.4 Å². The first-order valence-corrected chi connectivity index (χ1v) is 6.43. The van der Waals surface area contributed by atoms with Gasteiger partial charge < -0.3 is 10.5 Å². The van der Waals surface area contributed by atoms with E-state index in [-0.39, 0.29) is 18.4 Å². The molecule has 0 aliphatic heterocycles. The van der Waals surface area contributed by atoms with E-state index in [2.05, 4.69) is 6.58 Å². The van der Waals surface area contributed by atoms with Crippen molar-refractivity contribution in [2.24, 2.45) is 5.73 Å². The van der Waals surface area contributed by atoms with Gasteiger partial charge in [0.25, 0.3) is 0 Å². The molecule has 2 rings (SSSR count). The van der Waals surface area contributed by atoms with E-state index in [4.69, 9.17) is 10.5 Å². The lowest BCUT2D eigenvalue weighted by molar-refractivity contribution is 0.305. The molecule has 0 radical (unpaired) electrons. The third-order valence-corrected chi connectivity index (χ3v) is 2.96. The van der Waals surface area contributed by atoms with Crippen LogP contribution in [-0.4, -0.2) is 0 Å². The highest BCUT2D eigenvalue weighted by Gasteiger charge is 2.05. The Labute approximate surface area is 126 Å². The van der Waals surface area contributed by atoms with Gasteiger partial charge in [0.2, 0.25) is 0 Å². The third kappa shape index (κ3) is 4.72. The Kier molecular flexibility index (Phi) is 6.85. The molecule has 2 nitrogen and oxygen atoms in total. The highest BCUT2D eigenvalue weighted by atomic mass is 35.5. The van der Waals surface area contributed by atoms with Crippen LogP contribution in [0.5, 0.6) is 5.75 Å². The Morgan fingerprint density at radius 3 is 2.55 bits per heavy atom. The van der Waals surface area contributed by atoms with Gasteiger partial charge in [0.05, 0.1) is 0 Å². The van der Waals surface area contributed by atoms with Gasteiger partial charge in [-0.3, -0.25) is 0 Å². The number of ether oxygens (including phenoxy) is 1. The van der Waals surface area contributed by atoms with Crippen molar-refractivity contribution in [2.45, 2.75) is 19.1 Å². The zero-order chi connectivity index (χ0) is 13.5. The zero-order valence-electron chi connectivity index (χ0n) is 11.4. The minimum atomic E-state index is -0.0159. The smallest absolute Gasteiger partial charge is 0.120 e. The van der Waals surface area contributed by atoms with Crippen LogP contribution in [0.3, 0.4) is 0 Å². The van der Waals surface area contributed by atoms with E-state index < -0.39 is 0 Å². The van der Waals surface area contributed by atoms with Gasteiger partial charge in [-0.25, -0.2) is 0 Å². The molecule has 0 spiro atoms. The van der Waals surface area contributed by atoms with Crippen molar-refractivity contribution in [3.63, 3.8) is 0 Å². The highest BCUT2D eigenvalue weighted by molar-refractivity contribution is 5.85. The van der Waals surface area contributed by atoms with Gasteiger partial charge in [0.1, 0.15) is 12.4 Å². The van der Waals surface area contributed by atoms with Crippen molar-refractivity contribution in [1.29, 1.82) is 0 Å². The van der Waals surface area contributed by atoms with Gasteiger partial charge in [0, 0.05) is 6.04 Å². The summed E-state index contributed by atoms with van der Waals surface area (Å²) in [6.45, 7) is 4.28. The first kappa shape index (κ1) is 16.3. The molecule has 0 saturated carbocycles. The molecule has 2 aromatic rings. The van der Waals surface area contributed by atoms with Crippen LogP contribution in [0.1, 0.15) is 23.6 Å². The summed E-state index contributed by atoms with van der Waals surface area (Å²) in [6.07, 6.45) is 2.60. The standard InChI is InChI=1S/C17H19NO.ClH/c1-2-7-17(18)15-10-6-11-16(12-15)19-13-14-8-4-3-5-9-14;/h2-6,8-12,17H,1,7,13,18H2;1H/t17-;/m1./s1. The summed E-state index contributed by atoms with van der Waals surface area (Å²) >= 11 is 0. The van der Waals surface area contributed by atoms with E-state index in [0.717, 1.165) is 23.3 Å². The lowest BCUT2D eigenvalue weighted by Crippen LogP contribution is -2.09.